The number of benzene rings is 2. The highest BCUT2D eigenvalue weighted by atomic mass is 79.9. The molecule has 1 atom stereocenters. The fraction of sp³-hybridized carbons (Fsp3) is 0.200. The summed E-state index contributed by atoms with van der Waals surface area (Å²) in [5.74, 6) is -0.315. The van der Waals surface area contributed by atoms with E-state index < -0.39 is 5.60 Å². The van der Waals surface area contributed by atoms with E-state index in [4.69, 9.17) is 0 Å². The van der Waals surface area contributed by atoms with Gasteiger partial charge in [-0.05, 0) is 42.3 Å². The first-order valence-electron chi connectivity index (χ1n) is 5.81. The Kier molecular flexibility index (Phi) is 4.43. The Balaban J connectivity index is 2.30. The van der Waals surface area contributed by atoms with Gasteiger partial charge in [-0.3, -0.25) is 0 Å². The van der Waals surface area contributed by atoms with Gasteiger partial charge in [0, 0.05) is 15.4 Å². The van der Waals surface area contributed by atoms with E-state index in [1.807, 2.05) is 24.3 Å². The largest absolute Gasteiger partial charge is 0.385 e. The lowest BCUT2D eigenvalue weighted by molar-refractivity contribution is 0.0566. The van der Waals surface area contributed by atoms with Gasteiger partial charge < -0.3 is 5.11 Å². The summed E-state index contributed by atoms with van der Waals surface area (Å²) in [7, 11) is 0. The smallest absolute Gasteiger partial charge is 0.127 e. The maximum Gasteiger partial charge on any atom is 0.127 e. The molecule has 2 rings (SSSR count). The van der Waals surface area contributed by atoms with Crippen molar-refractivity contribution in [3.8, 4) is 0 Å². The van der Waals surface area contributed by atoms with E-state index in [-0.39, 0.29) is 12.2 Å². The van der Waals surface area contributed by atoms with Gasteiger partial charge in [0.1, 0.15) is 5.82 Å². The fourth-order valence-corrected chi connectivity index (χ4v) is 2.69. The number of aliphatic hydroxyl groups is 1. The highest BCUT2D eigenvalue weighted by Gasteiger charge is 2.25. The van der Waals surface area contributed by atoms with Crippen LogP contribution in [0.1, 0.15) is 18.1 Å². The molecule has 2 aromatic carbocycles. The summed E-state index contributed by atoms with van der Waals surface area (Å²) in [6.45, 7) is 1.69. The van der Waals surface area contributed by atoms with Gasteiger partial charge >= 0.3 is 0 Å². The third-order valence-electron chi connectivity index (χ3n) is 3.00. The topological polar surface area (TPSA) is 20.2 Å². The van der Waals surface area contributed by atoms with Crippen molar-refractivity contribution in [3.05, 3.63) is 68.4 Å². The lowest BCUT2D eigenvalue weighted by atomic mass is 9.89. The van der Waals surface area contributed by atoms with Crippen molar-refractivity contribution < 1.29 is 9.50 Å². The summed E-state index contributed by atoms with van der Waals surface area (Å²) in [6.07, 6.45) is 0.225. The molecule has 4 heteroatoms. The Labute approximate surface area is 128 Å². The van der Waals surface area contributed by atoms with E-state index in [9.17, 15) is 9.50 Å². The van der Waals surface area contributed by atoms with E-state index in [1.54, 1.807) is 19.1 Å². The molecule has 0 bridgehead atoms. The fourth-order valence-electron chi connectivity index (χ4n) is 1.96. The van der Waals surface area contributed by atoms with Gasteiger partial charge in [0.05, 0.1) is 5.60 Å². The average molecular weight is 388 g/mol. The van der Waals surface area contributed by atoms with Gasteiger partial charge in [0.2, 0.25) is 0 Å². The molecule has 1 nitrogen and oxygen atoms in total. The van der Waals surface area contributed by atoms with Crippen LogP contribution in [0, 0.1) is 5.82 Å². The van der Waals surface area contributed by atoms with E-state index in [0.29, 0.717) is 10.0 Å². The second-order valence-corrected chi connectivity index (χ2v) is 6.53. The minimum atomic E-state index is -1.11. The highest BCUT2D eigenvalue weighted by molar-refractivity contribution is 9.10. The number of hydrogen-bond donors (Lipinski definition) is 1. The zero-order valence-electron chi connectivity index (χ0n) is 10.3. The molecular weight excluding hydrogens is 375 g/mol. The molecule has 0 aliphatic heterocycles. The molecule has 0 aliphatic carbocycles. The molecule has 0 spiro atoms. The standard InChI is InChI=1S/C15H13Br2FO/c1-15(19,11-3-2-4-12(16)7-11)9-10-5-6-13(17)8-14(10)18/h2-8,19H,9H2,1H3. The second-order valence-electron chi connectivity index (χ2n) is 4.70. The van der Waals surface area contributed by atoms with Crippen LogP contribution in [0.15, 0.2) is 51.4 Å². The van der Waals surface area contributed by atoms with E-state index in [1.165, 1.54) is 6.07 Å². The molecule has 0 heterocycles. The SMILES string of the molecule is CC(O)(Cc1ccc(Br)cc1F)c1cccc(Br)c1. The molecule has 0 aromatic heterocycles. The number of halogens is 3. The summed E-state index contributed by atoms with van der Waals surface area (Å²) in [6, 6.07) is 12.3. The third-order valence-corrected chi connectivity index (χ3v) is 3.98. The van der Waals surface area contributed by atoms with Crippen molar-refractivity contribution in [1.82, 2.24) is 0 Å². The van der Waals surface area contributed by atoms with Crippen molar-refractivity contribution in [3.63, 3.8) is 0 Å². The van der Waals surface area contributed by atoms with Gasteiger partial charge in [-0.2, -0.15) is 0 Å². The summed E-state index contributed by atoms with van der Waals surface area (Å²) >= 11 is 6.59. The van der Waals surface area contributed by atoms with Crippen LogP contribution in [0.25, 0.3) is 0 Å². The molecule has 0 fully saturated rings. The molecule has 2 aromatic rings. The molecular formula is C15H13Br2FO. The Morgan fingerprint density at radius 1 is 1.11 bits per heavy atom. The summed E-state index contributed by atoms with van der Waals surface area (Å²) in [5.41, 5.74) is 0.135. The van der Waals surface area contributed by atoms with Crippen LogP contribution in [0.5, 0.6) is 0 Å². The van der Waals surface area contributed by atoms with Crippen molar-refractivity contribution in [2.24, 2.45) is 0 Å². The van der Waals surface area contributed by atoms with Gasteiger partial charge in [-0.15, -0.1) is 0 Å². The lowest BCUT2D eigenvalue weighted by Gasteiger charge is -2.24. The van der Waals surface area contributed by atoms with Gasteiger partial charge in [-0.25, -0.2) is 4.39 Å². The first kappa shape index (κ1) is 14.7. The molecule has 0 saturated carbocycles. The van der Waals surface area contributed by atoms with Crippen LogP contribution >= 0.6 is 31.9 Å². The van der Waals surface area contributed by atoms with Crippen LogP contribution in [0.3, 0.4) is 0 Å². The van der Waals surface area contributed by atoms with Gasteiger partial charge in [0.15, 0.2) is 0 Å². The second kappa shape index (κ2) is 5.73. The molecule has 0 radical (unpaired) electrons. The highest BCUT2D eigenvalue weighted by Crippen LogP contribution is 2.29. The molecule has 0 aliphatic rings. The van der Waals surface area contributed by atoms with Crippen molar-refractivity contribution in [1.29, 1.82) is 0 Å². The van der Waals surface area contributed by atoms with Crippen molar-refractivity contribution in [2.45, 2.75) is 18.9 Å². The Hall–Kier alpha value is -0.710. The van der Waals surface area contributed by atoms with Crippen LogP contribution in [0.4, 0.5) is 4.39 Å². The Morgan fingerprint density at radius 3 is 2.42 bits per heavy atom. The van der Waals surface area contributed by atoms with Crippen LogP contribution in [0.2, 0.25) is 0 Å². The van der Waals surface area contributed by atoms with E-state index >= 15 is 0 Å². The zero-order valence-corrected chi connectivity index (χ0v) is 13.5. The zero-order chi connectivity index (χ0) is 14.0. The number of rotatable bonds is 3. The first-order valence-corrected chi connectivity index (χ1v) is 7.39. The monoisotopic (exact) mass is 386 g/mol. The summed E-state index contributed by atoms with van der Waals surface area (Å²) in [5, 5.41) is 10.6. The molecule has 0 amide bonds. The minimum absolute atomic E-state index is 0.225. The van der Waals surface area contributed by atoms with Crippen molar-refractivity contribution >= 4 is 31.9 Å². The Morgan fingerprint density at radius 2 is 1.79 bits per heavy atom. The van der Waals surface area contributed by atoms with E-state index in [2.05, 4.69) is 31.9 Å². The van der Waals surface area contributed by atoms with Crippen LogP contribution in [-0.4, -0.2) is 5.11 Å². The van der Waals surface area contributed by atoms with Crippen molar-refractivity contribution in [2.75, 3.05) is 0 Å². The molecule has 19 heavy (non-hydrogen) atoms. The lowest BCUT2D eigenvalue weighted by Crippen LogP contribution is -2.24. The first-order chi connectivity index (χ1) is 8.88. The average Bonchev–Trinajstić information content (AvgIpc) is 2.33. The third kappa shape index (κ3) is 3.65. The summed E-state index contributed by atoms with van der Waals surface area (Å²) in [4.78, 5) is 0. The van der Waals surface area contributed by atoms with E-state index in [0.717, 1.165) is 10.0 Å². The predicted molar refractivity (Wildman–Crippen MR) is 81.5 cm³/mol. The summed E-state index contributed by atoms with van der Waals surface area (Å²) < 4.78 is 15.4. The minimum Gasteiger partial charge on any atom is -0.385 e. The molecule has 1 N–H and O–H groups in total. The quantitative estimate of drug-likeness (QED) is 0.801. The van der Waals surface area contributed by atoms with Crippen LogP contribution in [-0.2, 0) is 12.0 Å². The normalized spacial score (nSPS) is 14.2. The van der Waals surface area contributed by atoms with Crippen LogP contribution < -0.4 is 0 Å². The predicted octanol–water partition coefficient (Wildman–Crippen LogP) is 4.80. The molecule has 0 saturated heterocycles. The number of hydrogen-bond acceptors (Lipinski definition) is 1. The molecule has 100 valence electrons. The van der Waals surface area contributed by atoms with Gasteiger partial charge in [0.25, 0.3) is 0 Å². The Bertz CT molecular complexity index is 596. The molecule has 1 unspecified atom stereocenters. The van der Waals surface area contributed by atoms with Gasteiger partial charge in [-0.1, -0.05) is 50.1 Å². The maximum absolute atomic E-state index is 13.8. The maximum atomic E-state index is 13.8.